The van der Waals surface area contributed by atoms with E-state index in [1.54, 1.807) is 0 Å². The van der Waals surface area contributed by atoms with E-state index in [1.807, 2.05) is 11.8 Å². The summed E-state index contributed by atoms with van der Waals surface area (Å²) in [5.41, 5.74) is 5.84. The van der Waals surface area contributed by atoms with Crippen LogP contribution in [0.1, 0.15) is 27.2 Å². The van der Waals surface area contributed by atoms with E-state index in [9.17, 15) is 0 Å². The van der Waals surface area contributed by atoms with Crippen LogP contribution in [-0.2, 0) is 0 Å². The van der Waals surface area contributed by atoms with Gasteiger partial charge in [-0.15, -0.1) is 0 Å². The van der Waals surface area contributed by atoms with Gasteiger partial charge in [-0.05, 0) is 18.1 Å². The summed E-state index contributed by atoms with van der Waals surface area (Å²) in [7, 11) is 0. The minimum absolute atomic E-state index is 0.386. The largest absolute Gasteiger partial charge is 0.327 e. The summed E-state index contributed by atoms with van der Waals surface area (Å²) in [6, 6.07) is 0.386. The number of hydrogen-bond donors (Lipinski definition) is 1. The van der Waals surface area contributed by atoms with Gasteiger partial charge in [0.1, 0.15) is 0 Å². The van der Waals surface area contributed by atoms with Gasteiger partial charge in [-0.3, -0.25) is 0 Å². The van der Waals surface area contributed by atoms with Crippen molar-refractivity contribution in [3.05, 3.63) is 0 Å². The molecule has 0 aliphatic carbocycles. The average molecular weight is 161 g/mol. The van der Waals surface area contributed by atoms with E-state index in [0.29, 0.717) is 12.0 Å². The molecule has 0 aliphatic heterocycles. The minimum Gasteiger partial charge on any atom is -0.327 e. The van der Waals surface area contributed by atoms with Gasteiger partial charge in [0.15, 0.2) is 0 Å². The molecule has 0 rings (SSSR count). The van der Waals surface area contributed by atoms with Crippen LogP contribution < -0.4 is 5.73 Å². The Labute approximate surface area is 68.8 Å². The molecular formula is C8H19NS. The molecule has 2 heteroatoms. The molecule has 0 aliphatic rings. The van der Waals surface area contributed by atoms with Crippen LogP contribution >= 0.6 is 11.8 Å². The van der Waals surface area contributed by atoms with Crippen molar-refractivity contribution in [2.24, 2.45) is 11.7 Å². The molecule has 0 radical (unpaired) electrons. The van der Waals surface area contributed by atoms with Gasteiger partial charge in [-0.2, -0.15) is 11.8 Å². The molecule has 0 saturated carbocycles. The zero-order chi connectivity index (χ0) is 7.98. The van der Waals surface area contributed by atoms with E-state index in [-0.39, 0.29) is 0 Å². The molecule has 0 spiro atoms. The molecule has 10 heavy (non-hydrogen) atoms. The summed E-state index contributed by atoms with van der Waals surface area (Å²) in [5.74, 6) is 3.00. The molecule has 0 saturated heterocycles. The SMILES string of the molecule is CCCSCC(N)C(C)C. The molecule has 0 amide bonds. The third-order valence-electron chi connectivity index (χ3n) is 1.52. The number of hydrogen-bond acceptors (Lipinski definition) is 2. The van der Waals surface area contributed by atoms with Crippen molar-refractivity contribution in [2.45, 2.75) is 33.2 Å². The highest BCUT2D eigenvalue weighted by Gasteiger charge is 2.05. The van der Waals surface area contributed by atoms with Crippen LogP contribution in [0.25, 0.3) is 0 Å². The average Bonchev–Trinajstić information content (AvgIpc) is 1.88. The van der Waals surface area contributed by atoms with E-state index >= 15 is 0 Å². The van der Waals surface area contributed by atoms with Gasteiger partial charge in [0, 0.05) is 11.8 Å². The molecule has 2 N–H and O–H groups in total. The van der Waals surface area contributed by atoms with Gasteiger partial charge in [0.25, 0.3) is 0 Å². The number of thioether (sulfide) groups is 1. The van der Waals surface area contributed by atoms with Crippen LogP contribution in [0, 0.1) is 5.92 Å². The lowest BCUT2D eigenvalue weighted by molar-refractivity contribution is 0.535. The zero-order valence-electron chi connectivity index (χ0n) is 7.26. The molecule has 1 atom stereocenters. The minimum atomic E-state index is 0.386. The van der Waals surface area contributed by atoms with Crippen molar-refractivity contribution in [1.82, 2.24) is 0 Å². The maximum atomic E-state index is 5.84. The Kier molecular flexibility index (Phi) is 6.24. The van der Waals surface area contributed by atoms with E-state index in [4.69, 9.17) is 5.73 Å². The van der Waals surface area contributed by atoms with Crippen molar-refractivity contribution >= 4 is 11.8 Å². The highest BCUT2D eigenvalue weighted by molar-refractivity contribution is 7.99. The van der Waals surface area contributed by atoms with Crippen molar-refractivity contribution in [3.8, 4) is 0 Å². The lowest BCUT2D eigenvalue weighted by Crippen LogP contribution is -2.28. The van der Waals surface area contributed by atoms with Crippen LogP contribution in [0.4, 0.5) is 0 Å². The highest BCUT2D eigenvalue weighted by Crippen LogP contribution is 2.08. The maximum Gasteiger partial charge on any atom is 0.0153 e. The smallest absolute Gasteiger partial charge is 0.0153 e. The first-order valence-corrected chi connectivity index (χ1v) is 5.17. The fraction of sp³-hybridized carbons (Fsp3) is 1.00. The molecular weight excluding hydrogens is 142 g/mol. The van der Waals surface area contributed by atoms with Gasteiger partial charge < -0.3 is 5.73 Å². The molecule has 0 aromatic carbocycles. The second-order valence-corrected chi connectivity index (χ2v) is 4.13. The van der Waals surface area contributed by atoms with Crippen molar-refractivity contribution in [2.75, 3.05) is 11.5 Å². The standard InChI is InChI=1S/C8H19NS/c1-4-5-10-6-8(9)7(2)3/h7-8H,4-6,9H2,1-3H3. The number of rotatable bonds is 5. The maximum absolute atomic E-state index is 5.84. The monoisotopic (exact) mass is 161 g/mol. The fourth-order valence-electron chi connectivity index (χ4n) is 0.556. The summed E-state index contributed by atoms with van der Waals surface area (Å²) < 4.78 is 0. The fourth-order valence-corrected chi connectivity index (χ4v) is 1.67. The van der Waals surface area contributed by atoms with E-state index < -0.39 is 0 Å². The van der Waals surface area contributed by atoms with Crippen molar-refractivity contribution in [1.29, 1.82) is 0 Å². The summed E-state index contributed by atoms with van der Waals surface area (Å²) in [6.07, 6.45) is 1.26. The Hall–Kier alpha value is 0.310. The predicted octanol–water partition coefficient (Wildman–Crippen LogP) is 2.11. The molecule has 0 fully saturated rings. The normalized spacial score (nSPS) is 14.1. The van der Waals surface area contributed by atoms with Crippen molar-refractivity contribution in [3.63, 3.8) is 0 Å². The summed E-state index contributed by atoms with van der Waals surface area (Å²) in [5, 5.41) is 0. The van der Waals surface area contributed by atoms with Crippen LogP contribution in [0.5, 0.6) is 0 Å². The first-order chi connectivity index (χ1) is 4.68. The van der Waals surface area contributed by atoms with E-state index in [2.05, 4.69) is 20.8 Å². The first-order valence-electron chi connectivity index (χ1n) is 4.01. The second-order valence-electron chi connectivity index (χ2n) is 2.98. The Bertz CT molecular complexity index is 73.7. The second kappa shape index (κ2) is 6.05. The van der Waals surface area contributed by atoms with E-state index in [0.717, 1.165) is 5.75 Å². The molecule has 62 valence electrons. The summed E-state index contributed by atoms with van der Waals surface area (Å²) >= 11 is 1.96. The topological polar surface area (TPSA) is 26.0 Å². The number of nitrogens with two attached hydrogens (primary N) is 1. The van der Waals surface area contributed by atoms with Crippen LogP contribution in [0.15, 0.2) is 0 Å². The zero-order valence-corrected chi connectivity index (χ0v) is 8.08. The lowest BCUT2D eigenvalue weighted by atomic mass is 10.1. The van der Waals surface area contributed by atoms with Gasteiger partial charge in [0.2, 0.25) is 0 Å². The van der Waals surface area contributed by atoms with Gasteiger partial charge in [0.05, 0.1) is 0 Å². The third kappa shape index (κ3) is 5.12. The Balaban J connectivity index is 3.13. The van der Waals surface area contributed by atoms with Crippen LogP contribution in [0.3, 0.4) is 0 Å². The Morgan fingerprint density at radius 3 is 2.40 bits per heavy atom. The molecule has 0 bridgehead atoms. The molecule has 1 nitrogen and oxygen atoms in total. The Morgan fingerprint density at radius 1 is 1.40 bits per heavy atom. The molecule has 1 unspecified atom stereocenters. The Morgan fingerprint density at radius 2 is 2.00 bits per heavy atom. The van der Waals surface area contributed by atoms with Crippen LogP contribution in [-0.4, -0.2) is 17.5 Å². The van der Waals surface area contributed by atoms with E-state index in [1.165, 1.54) is 12.2 Å². The van der Waals surface area contributed by atoms with Crippen LogP contribution in [0.2, 0.25) is 0 Å². The summed E-state index contributed by atoms with van der Waals surface area (Å²) in [6.45, 7) is 6.56. The predicted molar refractivity (Wildman–Crippen MR) is 50.4 cm³/mol. The molecule has 0 aromatic rings. The first kappa shape index (κ1) is 10.3. The lowest BCUT2D eigenvalue weighted by Gasteiger charge is -2.14. The van der Waals surface area contributed by atoms with Crippen molar-refractivity contribution < 1.29 is 0 Å². The quantitative estimate of drug-likeness (QED) is 0.625. The van der Waals surface area contributed by atoms with Gasteiger partial charge >= 0.3 is 0 Å². The van der Waals surface area contributed by atoms with Gasteiger partial charge in [-0.25, -0.2) is 0 Å². The molecule has 0 aromatic heterocycles. The highest BCUT2D eigenvalue weighted by atomic mass is 32.2. The molecule has 0 heterocycles. The third-order valence-corrected chi connectivity index (χ3v) is 2.83. The summed E-state index contributed by atoms with van der Waals surface area (Å²) in [4.78, 5) is 0. The van der Waals surface area contributed by atoms with Gasteiger partial charge in [-0.1, -0.05) is 20.8 Å².